The first-order valence-electron chi connectivity index (χ1n) is 11.1. The van der Waals surface area contributed by atoms with Crippen LogP contribution in [0.2, 0.25) is 0 Å². The number of amides is 1. The molecule has 0 radical (unpaired) electrons. The third-order valence-electron chi connectivity index (χ3n) is 5.94. The normalized spacial score (nSPS) is 16.2. The van der Waals surface area contributed by atoms with E-state index in [1.807, 2.05) is 36.4 Å². The fourth-order valence-corrected chi connectivity index (χ4v) is 4.33. The Morgan fingerprint density at radius 3 is 2.62 bits per heavy atom. The Kier molecular flexibility index (Phi) is 4.87. The molecule has 0 bridgehead atoms. The molecule has 0 unspecified atom stereocenters. The number of tetrazole rings is 1. The van der Waals surface area contributed by atoms with E-state index in [-0.39, 0.29) is 5.70 Å². The van der Waals surface area contributed by atoms with Gasteiger partial charge in [0.15, 0.2) is 17.3 Å². The number of nitrogens with zero attached hydrogens (tertiary/aromatic N) is 4. The Morgan fingerprint density at radius 2 is 1.82 bits per heavy atom. The second-order valence-corrected chi connectivity index (χ2v) is 8.26. The number of aromatic nitrogens is 4. The molecule has 9 heteroatoms. The van der Waals surface area contributed by atoms with Crippen molar-refractivity contribution in [3.63, 3.8) is 0 Å². The number of fused-ring (bicyclic) bond motifs is 1. The van der Waals surface area contributed by atoms with Crippen LogP contribution in [0.25, 0.3) is 23.2 Å². The van der Waals surface area contributed by atoms with Gasteiger partial charge in [-0.2, -0.15) is 4.68 Å². The lowest BCUT2D eigenvalue weighted by atomic mass is 10.2. The van der Waals surface area contributed by atoms with Gasteiger partial charge in [-0.05, 0) is 47.5 Å². The molecule has 2 aromatic heterocycles. The molecular weight excluding hydrogens is 434 g/mol. The van der Waals surface area contributed by atoms with E-state index in [1.54, 1.807) is 30.3 Å². The minimum absolute atomic E-state index is 0.198. The number of hydrogen-bond acceptors (Lipinski definition) is 7. The molecule has 0 atom stereocenters. The lowest BCUT2D eigenvalue weighted by molar-refractivity contribution is -0.111. The van der Waals surface area contributed by atoms with Crippen molar-refractivity contribution in [3.8, 4) is 22.9 Å². The van der Waals surface area contributed by atoms with Gasteiger partial charge in [0.1, 0.15) is 11.5 Å². The molecule has 2 aromatic carbocycles. The molecule has 1 fully saturated rings. The van der Waals surface area contributed by atoms with Crippen LogP contribution in [0, 0.1) is 0 Å². The molecule has 2 aliphatic rings. The average Bonchev–Trinajstić information content (AvgIpc) is 3.65. The standard InChI is InChI=1S/C25H21N5O4/c31-24(26-18-10-11-21-22(15-18)34-25(33-21)12-4-5-13-25)20(16-19-9-6-14-32-19)30-23(27-28-29-30)17-7-2-1-3-8-17/h1-3,6-11,14-16H,4-5,12-13H2,(H,26,31). The number of hydrogen-bond donors (Lipinski definition) is 1. The Balaban J connectivity index is 1.32. The van der Waals surface area contributed by atoms with Crippen molar-refractivity contribution in [1.29, 1.82) is 0 Å². The van der Waals surface area contributed by atoms with Gasteiger partial charge in [0.25, 0.3) is 11.7 Å². The molecule has 1 N–H and O–H groups in total. The summed E-state index contributed by atoms with van der Waals surface area (Å²) in [7, 11) is 0. The predicted octanol–water partition coefficient (Wildman–Crippen LogP) is 4.61. The summed E-state index contributed by atoms with van der Waals surface area (Å²) in [6, 6.07) is 18.3. The van der Waals surface area contributed by atoms with Crippen molar-refractivity contribution < 1.29 is 18.7 Å². The zero-order valence-corrected chi connectivity index (χ0v) is 18.2. The number of furan rings is 1. The number of nitrogens with one attached hydrogen (secondary N) is 1. The average molecular weight is 455 g/mol. The predicted molar refractivity (Wildman–Crippen MR) is 124 cm³/mol. The zero-order chi connectivity index (χ0) is 23.0. The fourth-order valence-electron chi connectivity index (χ4n) is 4.33. The van der Waals surface area contributed by atoms with Crippen LogP contribution >= 0.6 is 0 Å². The lowest BCUT2D eigenvalue weighted by Gasteiger charge is -2.21. The molecule has 3 heterocycles. The van der Waals surface area contributed by atoms with Crippen LogP contribution in [0.15, 0.2) is 71.3 Å². The lowest BCUT2D eigenvalue weighted by Crippen LogP contribution is -2.34. The third-order valence-corrected chi connectivity index (χ3v) is 5.94. The second-order valence-electron chi connectivity index (χ2n) is 8.26. The van der Waals surface area contributed by atoms with E-state index >= 15 is 0 Å². The minimum atomic E-state index is -0.563. The Morgan fingerprint density at radius 1 is 1.00 bits per heavy atom. The number of carbonyl (C=O) groups excluding carboxylic acids is 1. The molecule has 1 aliphatic heterocycles. The Hall–Kier alpha value is -4.40. The van der Waals surface area contributed by atoms with E-state index in [1.165, 1.54) is 10.9 Å². The minimum Gasteiger partial charge on any atom is -0.465 e. The van der Waals surface area contributed by atoms with Crippen molar-refractivity contribution in [2.45, 2.75) is 31.5 Å². The van der Waals surface area contributed by atoms with Gasteiger partial charge in [-0.25, -0.2) is 0 Å². The van der Waals surface area contributed by atoms with Gasteiger partial charge in [-0.3, -0.25) is 4.79 Å². The van der Waals surface area contributed by atoms with E-state index in [9.17, 15) is 4.79 Å². The number of rotatable bonds is 5. The molecule has 9 nitrogen and oxygen atoms in total. The topological polar surface area (TPSA) is 104 Å². The van der Waals surface area contributed by atoms with E-state index in [4.69, 9.17) is 13.9 Å². The highest BCUT2D eigenvalue weighted by Gasteiger charge is 2.44. The van der Waals surface area contributed by atoms with Crippen LogP contribution in [0.4, 0.5) is 5.69 Å². The number of anilines is 1. The van der Waals surface area contributed by atoms with Gasteiger partial charge < -0.3 is 19.2 Å². The molecule has 1 amide bonds. The summed E-state index contributed by atoms with van der Waals surface area (Å²) < 4.78 is 19.0. The van der Waals surface area contributed by atoms with Crippen LogP contribution < -0.4 is 14.8 Å². The molecule has 6 rings (SSSR count). The van der Waals surface area contributed by atoms with Gasteiger partial charge in [0.05, 0.1) is 6.26 Å². The molecular formula is C25H21N5O4. The second kappa shape index (κ2) is 8.18. The van der Waals surface area contributed by atoms with Crippen LogP contribution in [0.1, 0.15) is 31.4 Å². The van der Waals surface area contributed by atoms with Crippen LogP contribution in [0.3, 0.4) is 0 Å². The van der Waals surface area contributed by atoms with E-state index in [2.05, 4.69) is 20.8 Å². The monoisotopic (exact) mass is 455 g/mol. The summed E-state index contributed by atoms with van der Waals surface area (Å²) in [5, 5.41) is 14.9. The SMILES string of the molecule is O=C(Nc1ccc2c(c1)OC1(CCCC1)O2)C(=Cc1ccco1)n1nnnc1-c1ccccc1. The number of ether oxygens (including phenoxy) is 2. The highest BCUT2D eigenvalue weighted by molar-refractivity contribution is 6.24. The zero-order valence-electron chi connectivity index (χ0n) is 18.2. The molecule has 0 saturated heterocycles. The molecule has 1 aliphatic carbocycles. The molecule has 1 saturated carbocycles. The van der Waals surface area contributed by atoms with Gasteiger partial charge in [0, 0.05) is 36.2 Å². The highest BCUT2D eigenvalue weighted by atomic mass is 16.7. The maximum atomic E-state index is 13.5. The Labute approximate surface area is 195 Å². The first kappa shape index (κ1) is 20.2. The van der Waals surface area contributed by atoms with Crippen molar-refractivity contribution >= 4 is 23.4 Å². The van der Waals surface area contributed by atoms with Crippen LogP contribution in [-0.2, 0) is 4.79 Å². The van der Waals surface area contributed by atoms with Crippen molar-refractivity contribution in [1.82, 2.24) is 20.2 Å². The van der Waals surface area contributed by atoms with E-state index in [0.717, 1.165) is 31.2 Å². The highest BCUT2D eigenvalue weighted by Crippen LogP contribution is 2.47. The van der Waals surface area contributed by atoms with Crippen LogP contribution in [-0.4, -0.2) is 31.9 Å². The summed E-state index contributed by atoms with van der Waals surface area (Å²) in [6.45, 7) is 0. The van der Waals surface area contributed by atoms with Crippen molar-refractivity contribution in [2.24, 2.45) is 0 Å². The van der Waals surface area contributed by atoms with Gasteiger partial charge in [-0.15, -0.1) is 5.10 Å². The molecule has 170 valence electrons. The smallest absolute Gasteiger partial charge is 0.274 e. The molecule has 34 heavy (non-hydrogen) atoms. The van der Waals surface area contributed by atoms with Crippen molar-refractivity contribution in [2.75, 3.05) is 5.32 Å². The van der Waals surface area contributed by atoms with Crippen molar-refractivity contribution in [3.05, 3.63) is 72.7 Å². The summed E-state index contributed by atoms with van der Waals surface area (Å²) in [6.07, 6.45) is 7.01. The summed E-state index contributed by atoms with van der Waals surface area (Å²) in [5.41, 5.74) is 1.54. The van der Waals surface area contributed by atoms with E-state index in [0.29, 0.717) is 28.8 Å². The fraction of sp³-hybridized carbons (Fsp3) is 0.200. The molecule has 1 spiro atoms. The Bertz CT molecular complexity index is 1360. The maximum Gasteiger partial charge on any atom is 0.274 e. The first-order valence-corrected chi connectivity index (χ1v) is 11.1. The van der Waals surface area contributed by atoms with Gasteiger partial charge in [0.2, 0.25) is 0 Å². The first-order chi connectivity index (χ1) is 16.7. The molecule has 4 aromatic rings. The van der Waals surface area contributed by atoms with Gasteiger partial charge >= 0.3 is 0 Å². The number of carbonyl (C=O) groups is 1. The van der Waals surface area contributed by atoms with Crippen LogP contribution in [0.5, 0.6) is 11.5 Å². The maximum absolute atomic E-state index is 13.5. The van der Waals surface area contributed by atoms with Gasteiger partial charge in [-0.1, -0.05) is 30.3 Å². The summed E-state index contributed by atoms with van der Waals surface area (Å²) in [4.78, 5) is 13.5. The third kappa shape index (κ3) is 3.71. The van der Waals surface area contributed by atoms with E-state index < -0.39 is 11.7 Å². The summed E-state index contributed by atoms with van der Waals surface area (Å²) in [5.74, 6) is 1.28. The largest absolute Gasteiger partial charge is 0.465 e. The summed E-state index contributed by atoms with van der Waals surface area (Å²) >= 11 is 0. The quantitative estimate of drug-likeness (QED) is 0.438. The number of benzene rings is 2.